The molecular formula is C52H56N6O15. The van der Waals surface area contributed by atoms with Crippen LogP contribution in [0.3, 0.4) is 0 Å². The van der Waals surface area contributed by atoms with Crippen molar-refractivity contribution in [2.45, 2.75) is 114 Å². The Morgan fingerprint density at radius 2 is 1.62 bits per heavy atom. The van der Waals surface area contributed by atoms with Crippen molar-refractivity contribution in [2.24, 2.45) is 27.8 Å². The van der Waals surface area contributed by atoms with Crippen LogP contribution in [0.2, 0.25) is 0 Å². The molecule has 2 amide bonds. The van der Waals surface area contributed by atoms with Gasteiger partial charge in [-0.2, -0.15) is 10.2 Å². The molecule has 9 unspecified atom stereocenters. The number of Topliss-reactive ketones (excluding diaryl/α,β-unsaturated/α-hetero) is 1. The minimum atomic E-state index is -2.38. The van der Waals surface area contributed by atoms with Gasteiger partial charge in [0.15, 0.2) is 17.9 Å². The number of ketones is 3. The number of nitrogens with one attached hydrogen (secondary N) is 2. The molecule has 73 heavy (non-hydrogen) atoms. The number of phenolic OH excluding ortho intramolecular Hbond substituents is 2. The van der Waals surface area contributed by atoms with Crippen LogP contribution in [0.4, 0.5) is 9.59 Å². The number of methoxy groups -OCH3 is 1. The second kappa shape index (κ2) is 20.8. The van der Waals surface area contributed by atoms with Gasteiger partial charge in [-0.05, 0) is 75.4 Å². The summed E-state index contributed by atoms with van der Waals surface area (Å²) in [5.41, 5.74) is 5.45. The Morgan fingerprint density at radius 1 is 0.877 bits per heavy atom. The van der Waals surface area contributed by atoms with Gasteiger partial charge in [0.25, 0.3) is 0 Å². The molecule has 0 spiro atoms. The molecule has 3 heterocycles. The van der Waals surface area contributed by atoms with E-state index in [1.165, 1.54) is 32.2 Å². The van der Waals surface area contributed by atoms with Gasteiger partial charge >= 0.3 is 12.2 Å². The molecule has 0 bridgehead atoms. The number of nitrogens with two attached hydrogens (primary N) is 1. The van der Waals surface area contributed by atoms with Crippen LogP contribution >= 0.6 is 0 Å². The second-order valence-electron chi connectivity index (χ2n) is 19.1. The Balaban J connectivity index is 0.824. The van der Waals surface area contributed by atoms with Gasteiger partial charge in [-0.1, -0.05) is 30.3 Å². The number of aromatic nitrogens is 1. The fraction of sp³-hybridized carbons (Fsp3) is 0.423. The summed E-state index contributed by atoms with van der Waals surface area (Å²) < 4.78 is 28.6. The van der Waals surface area contributed by atoms with Gasteiger partial charge in [0.05, 0.1) is 53.5 Å². The number of nitrogens with zero attached hydrogens (tertiary/aromatic N) is 3. The van der Waals surface area contributed by atoms with Crippen molar-refractivity contribution in [3.63, 3.8) is 0 Å². The standard InChI is InChI=1S/C52H56N6O15/c1-24-28-14-16-32(53)33(17-15-29(28)44(58-57-24)34-8-4-5-18-54-34)55-51(67)72-27-12-10-26(11-13-27)23-70-50(66)56-35-19-39(71-25(2)45(35)61)73-37-21-52(68,38(60)22-59)20-31-41(37)49(65)43-42(47(31)63)46(62)30-7-6-9-36(69-3)40(30)48(43)64/h4-13,18,25,28-29,32-33,35,37,39,45,59,61,63,65,68H,14-17,19-23,53H2,1-3H3,(H,55,67)(H,56,66)/t25?,28?,29?,32?,33?,35?,37?,39?,45?,52-/m0/s1. The number of phenols is 2. The lowest BCUT2D eigenvalue weighted by Gasteiger charge is -2.42. The molecular weight excluding hydrogens is 949 g/mol. The van der Waals surface area contributed by atoms with Crippen molar-refractivity contribution < 1.29 is 73.2 Å². The highest BCUT2D eigenvalue weighted by Gasteiger charge is 2.50. The number of alkyl carbamates (subject to hydrolysis) is 1. The average molecular weight is 1010 g/mol. The molecule has 9 rings (SSSR count). The van der Waals surface area contributed by atoms with E-state index in [1.54, 1.807) is 30.5 Å². The highest BCUT2D eigenvalue weighted by Crippen LogP contribution is 2.52. The molecule has 2 fully saturated rings. The first kappa shape index (κ1) is 50.8. The highest BCUT2D eigenvalue weighted by molar-refractivity contribution is 6.31. The van der Waals surface area contributed by atoms with Crippen molar-refractivity contribution >= 4 is 41.0 Å². The number of aliphatic hydroxyl groups excluding tert-OH is 2. The summed E-state index contributed by atoms with van der Waals surface area (Å²) in [7, 11) is 1.30. The third-order valence-electron chi connectivity index (χ3n) is 14.6. The number of fused-ring (bicyclic) bond motifs is 4. The first-order valence-corrected chi connectivity index (χ1v) is 24.0. The van der Waals surface area contributed by atoms with E-state index >= 15 is 0 Å². The molecule has 4 aromatic rings. The quantitative estimate of drug-likeness (QED) is 0.0872. The maximum absolute atomic E-state index is 14.0. The molecule has 10 atom stereocenters. The lowest BCUT2D eigenvalue weighted by Crippen LogP contribution is -2.56. The summed E-state index contributed by atoms with van der Waals surface area (Å²) in [5.74, 6) is -3.75. The molecule has 9 N–H and O–H groups in total. The van der Waals surface area contributed by atoms with Crippen molar-refractivity contribution in [1.82, 2.24) is 15.6 Å². The van der Waals surface area contributed by atoms with Gasteiger partial charge in [-0.3, -0.25) is 19.4 Å². The first-order chi connectivity index (χ1) is 35.0. The van der Waals surface area contributed by atoms with Crippen LogP contribution in [-0.4, -0.2) is 127 Å². The van der Waals surface area contributed by atoms with E-state index in [9.17, 15) is 49.5 Å². The Labute approximate surface area is 418 Å². The van der Waals surface area contributed by atoms with Crippen molar-refractivity contribution in [3.8, 4) is 23.0 Å². The third kappa shape index (κ3) is 9.90. The number of hydrogen-bond acceptors (Lipinski definition) is 19. The molecule has 1 saturated carbocycles. The molecule has 3 aromatic carbocycles. The van der Waals surface area contributed by atoms with E-state index in [1.807, 2.05) is 25.1 Å². The SMILES string of the molecule is COc1cccc2c1C(=O)c1c(O)c3c(c(O)c1C2=O)C[C@@](O)(C(=O)CO)CC3OC1CC(NC(=O)OCc2ccc(OC(=O)NC3CCC4C(c5ccccn5)=NN=C(C)C4CCC3N)cc2)C(O)C(C)O1. The minimum Gasteiger partial charge on any atom is -0.507 e. The van der Waals surface area contributed by atoms with Crippen LogP contribution in [-0.2, 0) is 32.0 Å². The van der Waals surface area contributed by atoms with Crippen molar-refractivity contribution in [3.05, 3.63) is 111 Å². The number of aliphatic hydroxyl groups is 3. The number of rotatable bonds is 11. The molecule has 3 aliphatic carbocycles. The molecule has 384 valence electrons. The van der Waals surface area contributed by atoms with Crippen LogP contribution in [0.15, 0.2) is 77.1 Å². The number of carbonyl (C=O) groups is 5. The zero-order valence-electron chi connectivity index (χ0n) is 40.1. The molecule has 0 radical (unpaired) electrons. The number of aromatic hydroxyl groups is 2. The van der Waals surface area contributed by atoms with E-state index in [0.29, 0.717) is 24.8 Å². The lowest BCUT2D eigenvalue weighted by atomic mass is 9.72. The fourth-order valence-corrected chi connectivity index (χ4v) is 10.7. The lowest BCUT2D eigenvalue weighted by molar-refractivity contribution is -0.249. The third-order valence-corrected chi connectivity index (χ3v) is 14.6. The van der Waals surface area contributed by atoms with Crippen LogP contribution in [0.25, 0.3) is 0 Å². The van der Waals surface area contributed by atoms with Gasteiger partial charge in [0.2, 0.25) is 5.78 Å². The monoisotopic (exact) mass is 1000 g/mol. The molecule has 21 heteroatoms. The maximum atomic E-state index is 14.0. The summed E-state index contributed by atoms with van der Waals surface area (Å²) in [6, 6.07) is 14.5. The Bertz CT molecular complexity index is 2900. The van der Waals surface area contributed by atoms with E-state index in [0.717, 1.165) is 23.5 Å². The first-order valence-electron chi connectivity index (χ1n) is 24.0. The van der Waals surface area contributed by atoms with Crippen LogP contribution < -0.4 is 25.8 Å². The number of hydrogen-bond donors (Lipinski definition) is 8. The van der Waals surface area contributed by atoms with Gasteiger partial charge in [-0.25, -0.2) is 9.59 Å². The van der Waals surface area contributed by atoms with Crippen LogP contribution in [0.1, 0.15) is 113 Å². The molecule has 5 aliphatic rings. The summed E-state index contributed by atoms with van der Waals surface area (Å²) >= 11 is 0. The number of pyridine rings is 1. The zero-order valence-corrected chi connectivity index (χ0v) is 40.1. The normalized spacial score (nSPS) is 27.5. The largest absolute Gasteiger partial charge is 0.507 e. The second-order valence-corrected chi connectivity index (χ2v) is 19.1. The van der Waals surface area contributed by atoms with Crippen molar-refractivity contribution in [1.29, 1.82) is 0 Å². The van der Waals surface area contributed by atoms with E-state index in [2.05, 4.69) is 25.8 Å². The zero-order chi connectivity index (χ0) is 51.9. The number of benzene rings is 3. The van der Waals surface area contributed by atoms with Gasteiger partial charge in [-0.15, -0.1) is 0 Å². The topological polar surface area (TPSA) is 320 Å². The summed E-state index contributed by atoms with van der Waals surface area (Å²) in [6.45, 7) is 2.16. The smallest absolute Gasteiger partial charge is 0.412 e. The molecule has 1 aromatic heterocycles. The predicted octanol–water partition coefficient (Wildman–Crippen LogP) is 3.83. The van der Waals surface area contributed by atoms with E-state index in [-0.39, 0.29) is 70.7 Å². The van der Waals surface area contributed by atoms with E-state index < -0.39 is 108 Å². The summed E-state index contributed by atoms with van der Waals surface area (Å²) in [5, 5.41) is 70.6. The van der Waals surface area contributed by atoms with Crippen LogP contribution in [0, 0.1) is 11.8 Å². The summed E-state index contributed by atoms with van der Waals surface area (Å²) in [6.07, 6.45) is -3.81. The van der Waals surface area contributed by atoms with Gasteiger partial charge < -0.3 is 65.6 Å². The number of ether oxygens (including phenoxy) is 5. The minimum absolute atomic E-state index is 0.0438. The predicted molar refractivity (Wildman–Crippen MR) is 258 cm³/mol. The average Bonchev–Trinajstić information content (AvgIpc) is 3.37. The van der Waals surface area contributed by atoms with Crippen molar-refractivity contribution in [2.75, 3.05) is 13.7 Å². The molecule has 2 aliphatic heterocycles. The Kier molecular flexibility index (Phi) is 14.4. The Hall–Kier alpha value is -7.14. The van der Waals surface area contributed by atoms with Gasteiger partial charge in [0.1, 0.15) is 47.9 Å². The highest BCUT2D eigenvalue weighted by atomic mass is 16.7. The Morgan fingerprint density at radius 3 is 2.34 bits per heavy atom. The number of carbonyl (C=O) groups excluding carboxylic acids is 5. The van der Waals surface area contributed by atoms with Crippen LogP contribution in [0.5, 0.6) is 23.0 Å². The van der Waals surface area contributed by atoms with E-state index in [4.69, 9.17) is 29.4 Å². The fourth-order valence-electron chi connectivity index (χ4n) is 10.7. The summed E-state index contributed by atoms with van der Waals surface area (Å²) in [4.78, 5) is 71.8. The molecule has 1 saturated heterocycles. The van der Waals surface area contributed by atoms with Gasteiger partial charge in [0, 0.05) is 71.8 Å². The number of amides is 2. The molecule has 21 nitrogen and oxygen atoms in total. The maximum Gasteiger partial charge on any atom is 0.412 e.